The van der Waals surface area contributed by atoms with Crippen molar-refractivity contribution in [3.8, 4) is 17.0 Å². The molecule has 1 fully saturated rings. The van der Waals surface area contributed by atoms with E-state index in [-0.39, 0.29) is 11.8 Å². The predicted molar refractivity (Wildman–Crippen MR) is 134 cm³/mol. The number of sulfonamides is 1. The van der Waals surface area contributed by atoms with Crippen molar-refractivity contribution in [1.82, 2.24) is 19.6 Å². The number of halogens is 1. The van der Waals surface area contributed by atoms with Crippen molar-refractivity contribution in [3.05, 3.63) is 70.9 Å². The average Bonchev–Trinajstić information content (AvgIpc) is 3.34. The zero-order valence-corrected chi connectivity index (χ0v) is 20.5. The molecule has 1 saturated heterocycles. The molecule has 2 heterocycles. The quantitative estimate of drug-likeness (QED) is 0.413. The first kappa shape index (κ1) is 24.4. The summed E-state index contributed by atoms with van der Waals surface area (Å²) in [5.74, 6) is 0.568. The molecule has 0 spiro atoms. The first-order valence-corrected chi connectivity index (χ1v) is 13.3. The zero-order valence-electron chi connectivity index (χ0n) is 18.9. The van der Waals surface area contributed by atoms with Gasteiger partial charge in [0.2, 0.25) is 16.0 Å². The number of phenols is 1. The Hall–Kier alpha value is -2.72. The standard InChI is InChI=1S/C24H28ClN5O3S/c1-34(32,33)30(20-8-10-26-15-20)16-18-3-2-4-19(13-18)22-9-12-28-24(29-22)27-11-7-17-5-6-23(31)21(25)14-17/h2-6,9,12-14,20,26,31H,7-8,10-11,15-16H2,1H3,(H,27,28,29). The van der Waals surface area contributed by atoms with E-state index < -0.39 is 10.0 Å². The Morgan fingerprint density at radius 1 is 1.21 bits per heavy atom. The molecule has 180 valence electrons. The Balaban J connectivity index is 1.44. The first-order chi connectivity index (χ1) is 16.3. The summed E-state index contributed by atoms with van der Waals surface area (Å²) in [4.78, 5) is 8.92. The summed E-state index contributed by atoms with van der Waals surface area (Å²) in [7, 11) is -3.33. The fraction of sp³-hybridized carbons (Fsp3) is 0.333. The summed E-state index contributed by atoms with van der Waals surface area (Å²) >= 11 is 5.97. The molecule has 3 N–H and O–H groups in total. The van der Waals surface area contributed by atoms with E-state index in [2.05, 4.69) is 20.6 Å². The molecule has 8 nitrogen and oxygen atoms in total. The SMILES string of the molecule is CS(=O)(=O)N(Cc1cccc(-c2ccnc(NCCc3ccc(O)c(Cl)c3)n2)c1)C1CCNC1. The van der Waals surface area contributed by atoms with E-state index in [0.717, 1.165) is 35.3 Å². The lowest BCUT2D eigenvalue weighted by Gasteiger charge is -2.26. The molecule has 0 amide bonds. The van der Waals surface area contributed by atoms with Crippen molar-refractivity contribution >= 4 is 27.6 Å². The van der Waals surface area contributed by atoms with E-state index in [0.29, 0.717) is 37.0 Å². The number of rotatable bonds is 9. The fourth-order valence-corrected chi connectivity index (χ4v) is 5.35. The summed E-state index contributed by atoms with van der Waals surface area (Å²) in [5, 5.41) is 16.3. The molecule has 10 heteroatoms. The van der Waals surface area contributed by atoms with Gasteiger partial charge in [0.25, 0.3) is 0 Å². The highest BCUT2D eigenvalue weighted by Gasteiger charge is 2.29. The second-order valence-electron chi connectivity index (χ2n) is 8.38. The van der Waals surface area contributed by atoms with Crippen LogP contribution in [0.3, 0.4) is 0 Å². The van der Waals surface area contributed by atoms with Crippen LogP contribution in [0.5, 0.6) is 5.75 Å². The number of aromatic hydroxyl groups is 1. The minimum Gasteiger partial charge on any atom is -0.506 e. The van der Waals surface area contributed by atoms with Gasteiger partial charge in [-0.25, -0.2) is 18.4 Å². The molecule has 2 aromatic carbocycles. The van der Waals surface area contributed by atoms with Gasteiger partial charge in [-0.3, -0.25) is 0 Å². The molecule has 0 saturated carbocycles. The van der Waals surface area contributed by atoms with Gasteiger partial charge in [0, 0.05) is 37.4 Å². The van der Waals surface area contributed by atoms with Crippen LogP contribution in [0.15, 0.2) is 54.7 Å². The highest BCUT2D eigenvalue weighted by atomic mass is 35.5. The van der Waals surface area contributed by atoms with Gasteiger partial charge >= 0.3 is 0 Å². The van der Waals surface area contributed by atoms with Crippen LogP contribution < -0.4 is 10.6 Å². The van der Waals surface area contributed by atoms with Gasteiger partial charge in [-0.15, -0.1) is 0 Å². The van der Waals surface area contributed by atoms with Crippen LogP contribution in [0.2, 0.25) is 5.02 Å². The molecule has 3 aromatic rings. The lowest BCUT2D eigenvalue weighted by molar-refractivity contribution is 0.331. The summed E-state index contributed by atoms with van der Waals surface area (Å²) in [6, 6.07) is 14.7. The number of nitrogens with zero attached hydrogens (tertiary/aromatic N) is 3. The molecule has 34 heavy (non-hydrogen) atoms. The second kappa shape index (κ2) is 10.7. The van der Waals surface area contributed by atoms with Crippen LogP contribution in [-0.2, 0) is 23.0 Å². The van der Waals surface area contributed by atoms with Crippen LogP contribution in [0.4, 0.5) is 5.95 Å². The maximum Gasteiger partial charge on any atom is 0.223 e. The van der Waals surface area contributed by atoms with Gasteiger partial charge < -0.3 is 15.7 Å². The smallest absolute Gasteiger partial charge is 0.223 e. The van der Waals surface area contributed by atoms with E-state index in [1.54, 1.807) is 22.6 Å². The lowest BCUT2D eigenvalue weighted by Crippen LogP contribution is -2.40. The number of benzene rings is 2. The minimum atomic E-state index is -3.33. The molecule has 1 aromatic heterocycles. The second-order valence-corrected chi connectivity index (χ2v) is 10.7. The van der Waals surface area contributed by atoms with Crippen molar-refractivity contribution in [2.45, 2.75) is 25.4 Å². The molecule has 1 atom stereocenters. The van der Waals surface area contributed by atoms with Gasteiger partial charge in [0.1, 0.15) is 5.75 Å². The van der Waals surface area contributed by atoms with E-state index >= 15 is 0 Å². The normalized spacial score (nSPS) is 16.1. The third-order valence-electron chi connectivity index (χ3n) is 5.79. The topological polar surface area (TPSA) is 107 Å². The summed E-state index contributed by atoms with van der Waals surface area (Å²) in [5.41, 5.74) is 3.55. The first-order valence-electron chi connectivity index (χ1n) is 11.1. The molecule has 1 unspecified atom stereocenters. The third-order valence-corrected chi connectivity index (χ3v) is 7.38. The van der Waals surface area contributed by atoms with Crippen molar-refractivity contribution in [1.29, 1.82) is 0 Å². The zero-order chi connectivity index (χ0) is 24.1. The predicted octanol–water partition coefficient (Wildman–Crippen LogP) is 3.28. The van der Waals surface area contributed by atoms with E-state index in [9.17, 15) is 13.5 Å². The average molecular weight is 502 g/mol. The number of hydrogen-bond donors (Lipinski definition) is 3. The van der Waals surface area contributed by atoms with Crippen molar-refractivity contribution in [2.24, 2.45) is 0 Å². The number of nitrogens with one attached hydrogen (secondary N) is 2. The Kier molecular flexibility index (Phi) is 7.67. The molecular formula is C24H28ClN5O3S. The molecule has 4 rings (SSSR count). The van der Waals surface area contributed by atoms with Gasteiger partial charge in [-0.05, 0) is 54.8 Å². The van der Waals surface area contributed by atoms with Crippen LogP contribution in [0.25, 0.3) is 11.3 Å². The summed E-state index contributed by atoms with van der Waals surface area (Å²) < 4.78 is 26.4. The van der Waals surface area contributed by atoms with Crippen molar-refractivity contribution in [3.63, 3.8) is 0 Å². The summed E-state index contributed by atoms with van der Waals surface area (Å²) in [6.45, 7) is 2.42. The maximum absolute atomic E-state index is 12.4. The number of hydrogen-bond acceptors (Lipinski definition) is 7. The Labute approximate surface area is 205 Å². The molecular weight excluding hydrogens is 474 g/mol. The van der Waals surface area contributed by atoms with Crippen molar-refractivity contribution in [2.75, 3.05) is 31.2 Å². The van der Waals surface area contributed by atoms with Crippen LogP contribution in [0.1, 0.15) is 17.5 Å². The monoisotopic (exact) mass is 501 g/mol. The molecule has 1 aliphatic heterocycles. The fourth-order valence-electron chi connectivity index (χ4n) is 4.04. The summed E-state index contributed by atoms with van der Waals surface area (Å²) in [6.07, 6.45) is 4.47. The minimum absolute atomic E-state index is 0.0306. The largest absolute Gasteiger partial charge is 0.506 e. The van der Waals surface area contributed by atoms with Crippen molar-refractivity contribution < 1.29 is 13.5 Å². The molecule has 0 aliphatic carbocycles. The van der Waals surface area contributed by atoms with Crippen LogP contribution >= 0.6 is 11.6 Å². The molecule has 0 bridgehead atoms. The number of phenolic OH excluding ortho intramolecular Hbond substituents is 1. The number of anilines is 1. The van der Waals surface area contributed by atoms with E-state index in [1.807, 2.05) is 36.4 Å². The van der Waals surface area contributed by atoms with Gasteiger partial charge in [0.15, 0.2) is 0 Å². The Morgan fingerprint density at radius 3 is 2.79 bits per heavy atom. The van der Waals surface area contributed by atoms with Crippen LogP contribution in [-0.4, -0.2) is 59.7 Å². The highest BCUT2D eigenvalue weighted by molar-refractivity contribution is 7.88. The van der Waals surface area contributed by atoms with Crippen LogP contribution in [0, 0.1) is 0 Å². The van der Waals surface area contributed by atoms with Gasteiger partial charge in [-0.1, -0.05) is 35.9 Å². The third kappa shape index (κ3) is 6.24. The van der Waals surface area contributed by atoms with Gasteiger partial charge in [0.05, 0.1) is 17.0 Å². The Morgan fingerprint density at radius 2 is 2.06 bits per heavy atom. The molecule has 1 aliphatic rings. The molecule has 0 radical (unpaired) electrons. The number of aromatic nitrogens is 2. The maximum atomic E-state index is 12.4. The highest BCUT2D eigenvalue weighted by Crippen LogP contribution is 2.24. The Bertz CT molecular complexity index is 1250. The lowest BCUT2D eigenvalue weighted by atomic mass is 10.1. The van der Waals surface area contributed by atoms with E-state index in [4.69, 9.17) is 11.6 Å². The van der Waals surface area contributed by atoms with Gasteiger partial charge in [-0.2, -0.15) is 4.31 Å². The van der Waals surface area contributed by atoms with E-state index in [1.165, 1.54) is 6.26 Å².